The third-order valence-electron chi connectivity index (χ3n) is 2.61. The first-order chi connectivity index (χ1) is 8.77. The number of allylic oxidation sites excluding steroid dienone is 1. The second-order valence-electron chi connectivity index (χ2n) is 4.16. The van der Waals surface area contributed by atoms with Crippen LogP contribution < -0.4 is 0 Å². The highest BCUT2D eigenvalue weighted by Crippen LogP contribution is 2.33. The van der Waals surface area contributed by atoms with E-state index in [4.69, 9.17) is 23.2 Å². The fourth-order valence-corrected chi connectivity index (χ4v) is 3.50. The van der Waals surface area contributed by atoms with Gasteiger partial charge in [0.05, 0.1) is 16.0 Å². The van der Waals surface area contributed by atoms with Crippen molar-refractivity contribution in [3.8, 4) is 0 Å². The lowest BCUT2D eigenvalue weighted by Gasteiger charge is -2.25. The standard InChI is InChI=1S/C13H15Cl2FO2S/c1-3-4-11(12(17)13(14,15)16)19(18)10-7-5-9(2)6-8-10/h3,5-8,11-12,17H,1,4H2,2H3/t11-,12-,19+/m1/s1. The average Bonchev–Trinajstić information content (AvgIpc) is 2.34. The summed E-state index contributed by atoms with van der Waals surface area (Å²) in [7, 11) is -1.64. The number of hydrogen-bond donors (Lipinski definition) is 1. The van der Waals surface area contributed by atoms with Gasteiger partial charge in [0.25, 0.3) is 4.59 Å². The maximum Gasteiger partial charge on any atom is 0.284 e. The second kappa shape index (κ2) is 6.84. The van der Waals surface area contributed by atoms with E-state index in [2.05, 4.69) is 6.58 Å². The Morgan fingerprint density at radius 3 is 2.42 bits per heavy atom. The van der Waals surface area contributed by atoms with Gasteiger partial charge < -0.3 is 5.11 Å². The zero-order valence-electron chi connectivity index (χ0n) is 10.4. The van der Waals surface area contributed by atoms with Gasteiger partial charge in [-0.1, -0.05) is 47.0 Å². The van der Waals surface area contributed by atoms with Crippen molar-refractivity contribution < 1.29 is 13.7 Å². The topological polar surface area (TPSA) is 37.3 Å². The minimum atomic E-state index is -2.85. The van der Waals surface area contributed by atoms with E-state index in [1.807, 2.05) is 6.92 Å². The Hall–Kier alpha value is -0.420. The van der Waals surface area contributed by atoms with Crippen molar-refractivity contribution in [3.63, 3.8) is 0 Å². The van der Waals surface area contributed by atoms with Crippen LogP contribution in [0.3, 0.4) is 0 Å². The van der Waals surface area contributed by atoms with E-state index in [9.17, 15) is 13.7 Å². The Morgan fingerprint density at radius 2 is 2.00 bits per heavy atom. The first kappa shape index (κ1) is 16.6. The SMILES string of the molecule is C=CC[C@H]([C@@H](O)C(F)(Cl)Cl)[S@@](=O)c1ccc(C)cc1. The number of aliphatic hydroxyl groups excluding tert-OH is 1. The molecule has 0 aliphatic heterocycles. The summed E-state index contributed by atoms with van der Waals surface area (Å²) in [5.74, 6) is 0. The number of aliphatic hydroxyl groups is 1. The van der Waals surface area contributed by atoms with Crippen LogP contribution in [0.15, 0.2) is 41.8 Å². The van der Waals surface area contributed by atoms with Crippen molar-refractivity contribution in [2.75, 3.05) is 0 Å². The quantitative estimate of drug-likeness (QED) is 0.642. The molecule has 0 aromatic heterocycles. The molecule has 1 rings (SSSR count). The van der Waals surface area contributed by atoms with Gasteiger partial charge in [-0.2, -0.15) is 0 Å². The van der Waals surface area contributed by atoms with E-state index in [0.717, 1.165) is 5.56 Å². The molecule has 19 heavy (non-hydrogen) atoms. The fourth-order valence-electron chi connectivity index (χ4n) is 1.56. The van der Waals surface area contributed by atoms with Gasteiger partial charge in [-0.15, -0.1) is 6.58 Å². The van der Waals surface area contributed by atoms with Gasteiger partial charge in [-0.05, 0) is 25.5 Å². The molecule has 0 saturated heterocycles. The molecule has 0 heterocycles. The molecule has 0 bridgehead atoms. The maximum atomic E-state index is 13.4. The number of rotatable bonds is 6. The Kier molecular flexibility index (Phi) is 5.99. The Morgan fingerprint density at radius 1 is 1.47 bits per heavy atom. The van der Waals surface area contributed by atoms with Crippen molar-refractivity contribution in [2.45, 2.75) is 34.2 Å². The molecule has 0 saturated carbocycles. The summed E-state index contributed by atoms with van der Waals surface area (Å²) in [6.07, 6.45) is -0.192. The van der Waals surface area contributed by atoms with Crippen molar-refractivity contribution in [3.05, 3.63) is 42.5 Å². The third-order valence-corrected chi connectivity index (χ3v) is 4.80. The number of alkyl halides is 3. The average molecular weight is 325 g/mol. The molecule has 0 amide bonds. The number of benzene rings is 1. The molecule has 0 aliphatic rings. The van der Waals surface area contributed by atoms with E-state index in [-0.39, 0.29) is 6.42 Å². The molecule has 1 aromatic rings. The molecule has 0 spiro atoms. The molecule has 0 unspecified atom stereocenters. The zero-order valence-corrected chi connectivity index (χ0v) is 12.7. The molecule has 106 valence electrons. The van der Waals surface area contributed by atoms with Crippen molar-refractivity contribution >= 4 is 34.0 Å². The molecular weight excluding hydrogens is 310 g/mol. The normalized spacial score (nSPS) is 16.7. The van der Waals surface area contributed by atoms with E-state index < -0.39 is 26.7 Å². The minimum absolute atomic E-state index is 0.132. The summed E-state index contributed by atoms with van der Waals surface area (Å²) < 4.78 is 22.9. The second-order valence-corrected chi connectivity index (χ2v) is 7.13. The smallest absolute Gasteiger partial charge is 0.284 e. The van der Waals surface area contributed by atoms with Crippen molar-refractivity contribution in [2.24, 2.45) is 0 Å². The van der Waals surface area contributed by atoms with E-state index in [1.165, 1.54) is 6.08 Å². The number of aryl methyl sites for hydroxylation is 1. The summed E-state index contributed by atoms with van der Waals surface area (Å²) in [4.78, 5) is 0.481. The summed E-state index contributed by atoms with van der Waals surface area (Å²) in [5.41, 5.74) is 1.01. The highest BCUT2D eigenvalue weighted by molar-refractivity contribution is 7.85. The fraction of sp³-hybridized carbons (Fsp3) is 0.385. The molecule has 2 nitrogen and oxygen atoms in total. The number of hydrogen-bond acceptors (Lipinski definition) is 2. The van der Waals surface area contributed by atoms with Gasteiger partial charge in [0.15, 0.2) is 0 Å². The molecule has 3 atom stereocenters. The highest BCUT2D eigenvalue weighted by Gasteiger charge is 2.41. The van der Waals surface area contributed by atoms with Gasteiger partial charge in [0.1, 0.15) is 6.10 Å². The Labute approximate surface area is 124 Å². The van der Waals surface area contributed by atoms with Crippen LogP contribution in [0.1, 0.15) is 12.0 Å². The summed E-state index contributed by atoms with van der Waals surface area (Å²) in [6, 6.07) is 6.90. The zero-order chi connectivity index (χ0) is 14.6. The van der Waals surface area contributed by atoms with Crippen LogP contribution in [0.2, 0.25) is 0 Å². The van der Waals surface area contributed by atoms with Gasteiger partial charge in [-0.25, -0.2) is 4.39 Å². The largest absolute Gasteiger partial charge is 0.386 e. The maximum absolute atomic E-state index is 13.4. The lowest BCUT2D eigenvalue weighted by molar-refractivity contribution is 0.0944. The summed E-state index contributed by atoms with van der Waals surface area (Å²) >= 11 is 10.5. The summed E-state index contributed by atoms with van der Waals surface area (Å²) in [6.45, 7) is 5.40. The molecule has 0 aliphatic carbocycles. The molecule has 6 heteroatoms. The lowest BCUT2D eigenvalue weighted by atomic mass is 10.2. The van der Waals surface area contributed by atoms with Crippen LogP contribution >= 0.6 is 23.2 Å². The van der Waals surface area contributed by atoms with E-state index in [0.29, 0.717) is 4.90 Å². The predicted molar refractivity (Wildman–Crippen MR) is 77.7 cm³/mol. The van der Waals surface area contributed by atoms with Gasteiger partial charge in [0.2, 0.25) is 0 Å². The van der Waals surface area contributed by atoms with Gasteiger partial charge in [0, 0.05) is 4.90 Å². The predicted octanol–water partition coefficient (Wildman–Crippen LogP) is 3.51. The van der Waals surface area contributed by atoms with Crippen molar-refractivity contribution in [1.29, 1.82) is 0 Å². The summed E-state index contributed by atoms with van der Waals surface area (Å²) in [5, 5.41) is 8.83. The van der Waals surface area contributed by atoms with Crippen LogP contribution in [0.25, 0.3) is 0 Å². The molecular formula is C13H15Cl2FO2S. The van der Waals surface area contributed by atoms with Crippen LogP contribution in [-0.2, 0) is 10.8 Å². The lowest BCUT2D eigenvalue weighted by Crippen LogP contribution is -2.40. The number of halogens is 3. The minimum Gasteiger partial charge on any atom is -0.386 e. The Balaban J connectivity index is 3.02. The molecule has 1 aromatic carbocycles. The van der Waals surface area contributed by atoms with E-state index >= 15 is 0 Å². The molecule has 1 N–H and O–H groups in total. The molecule has 0 fully saturated rings. The van der Waals surface area contributed by atoms with E-state index in [1.54, 1.807) is 24.3 Å². The monoisotopic (exact) mass is 324 g/mol. The molecule has 0 radical (unpaired) electrons. The van der Waals surface area contributed by atoms with Crippen molar-refractivity contribution in [1.82, 2.24) is 0 Å². The Bertz CT molecular complexity index is 457. The van der Waals surface area contributed by atoms with Crippen LogP contribution in [0.5, 0.6) is 0 Å². The first-order valence-corrected chi connectivity index (χ1v) is 7.57. The highest BCUT2D eigenvalue weighted by atomic mass is 35.5. The third kappa shape index (κ3) is 4.56. The first-order valence-electron chi connectivity index (χ1n) is 5.60. The van der Waals surface area contributed by atoms with Crippen LogP contribution in [0, 0.1) is 6.92 Å². The van der Waals surface area contributed by atoms with Crippen LogP contribution in [-0.4, -0.2) is 25.3 Å². The van der Waals surface area contributed by atoms with Crippen LogP contribution in [0.4, 0.5) is 4.39 Å². The van der Waals surface area contributed by atoms with Gasteiger partial charge >= 0.3 is 0 Å². The van der Waals surface area contributed by atoms with Gasteiger partial charge in [-0.3, -0.25) is 4.21 Å².